The van der Waals surface area contributed by atoms with Gasteiger partial charge in [0.1, 0.15) is 5.69 Å². The van der Waals surface area contributed by atoms with E-state index in [1.807, 2.05) is 24.6 Å². The van der Waals surface area contributed by atoms with E-state index >= 15 is 0 Å². The molecule has 0 saturated carbocycles. The first kappa shape index (κ1) is 15.4. The number of amides is 1. The van der Waals surface area contributed by atoms with E-state index in [-0.39, 0.29) is 11.9 Å². The topological polar surface area (TPSA) is 34.0 Å². The van der Waals surface area contributed by atoms with Crippen LogP contribution in [0.15, 0.2) is 34.9 Å². The molecule has 0 fully saturated rings. The molecule has 0 aliphatic heterocycles. The number of rotatable bonds is 3. The smallest absolute Gasteiger partial charge is 0.272 e. The summed E-state index contributed by atoms with van der Waals surface area (Å²) in [4.78, 5) is 12.4. The molecule has 2 aromatic rings. The summed E-state index contributed by atoms with van der Waals surface area (Å²) >= 11 is 15.3. The summed E-state index contributed by atoms with van der Waals surface area (Å²) in [6.07, 6.45) is 1.87. The summed E-state index contributed by atoms with van der Waals surface area (Å²) in [5.41, 5.74) is 1.06. The molecule has 0 unspecified atom stereocenters. The number of aromatic nitrogens is 1. The predicted molar refractivity (Wildman–Crippen MR) is 86.9 cm³/mol. The molecule has 0 spiro atoms. The standard InChI is InChI=1S/C14H13BrCl2N2O/c1-8(2)19-7-9(15)5-13(19)14(20)18-12-6-10(16)3-4-11(12)17/h3-8H,1-2H3,(H,18,20). The van der Waals surface area contributed by atoms with Gasteiger partial charge in [-0.1, -0.05) is 23.2 Å². The highest BCUT2D eigenvalue weighted by atomic mass is 79.9. The van der Waals surface area contributed by atoms with Crippen LogP contribution in [0, 0.1) is 0 Å². The maximum atomic E-state index is 12.4. The van der Waals surface area contributed by atoms with Gasteiger partial charge in [0.2, 0.25) is 0 Å². The summed E-state index contributed by atoms with van der Waals surface area (Å²) in [7, 11) is 0. The Morgan fingerprint density at radius 3 is 2.65 bits per heavy atom. The first-order chi connectivity index (χ1) is 9.38. The Morgan fingerprint density at radius 1 is 1.30 bits per heavy atom. The largest absolute Gasteiger partial charge is 0.340 e. The van der Waals surface area contributed by atoms with Gasteiger partial charge in [-0.3, -0.25) is 4.79 Å². The van der Waals surface area contributed by atoms with E-state index in [1.54, 1.807) is 24.3 Å². The molecule has 0 aliphatic rings. The number of carbonyl (C=O) groups excluding carboxylic acids is 1. The minimum absolute atomic E-state index is 0.178. The molecular weight excluding hydrogens is 363 g/mol. The molecule has 6 heteroatoms. The molecule has 20 heavy (non-hydrogen) atoms. The van der Waals surface area contributed by atoms with E-state index < -0.39 is 0 Å². The fourth-order valence-electron chi connectivity index (χ4n) is 1.83. The van der Waals surface area contributed by atoms with Gasteiger partial charge in [0.05, 0.1) is 10.7 Å². The lowest BCUT2D eigenvalue weighted by molar-refractivity contribution is 0.101. The molecule has 1 aromatic heterocycles. The van der Waals surface area contributed by atoms with Crippen molar-refractivity contribution >= 4 is 50.7 Å². The average molecular weight is 376 g/mol. The van der Waals surface area contributed by atoms with Crippen molar-refractivity contribution in [1.29, 1.82) is 0 Å². The monoisotopic (exact) mass is 374 g/mol. The second-order valence-corrected chi connectivity index (χ2v) is 6.38. The third-order valence-corrected chi connectivity index (χ3v) is 3.78. The van der Waals surface area contributed by atoms with Crippen LogP contribution in [0.25, 0.3) is 0 Å². The predicted octanol–water partition coefficient (Wildman–Crippen LogP) is 5.39. The van der Waals surface area contributed by atoms with Crippen molar-refractivity contribution in [3.05, 3.63) is 50.7 Å². The maximum absolute atomic E-state index is 12.4. The summed E-state index contributed by atoms with van der Waals surface area (Å²) in [6.45, 7) is 4.02. The van der Waals surface area contributed by atoms with E-state index in [0.29, 0.717) is 21.4 Å². The third-order valence-electron chi connectivity index (χ3n) is 2.78. The van der Waals surface area contributed by atoms with Crippen LogP contribution in [0.1, 0.15) is 30.4 Å². The normalized spacial score (nSPS) is 10.9. The van der Waals surface area contributed by atoms with Crippen molar-refractivity contribution < 1.29 is 4.79 Å². The molecular formula is C14H13BrCl2N2O. The maximum Gasteiger partial charge on any atom is 0.272 e. The van der Waals surface area contributed by atoms with E-state index in [1.165, 1.54) is 0 Å². The molecule has 106 valence electrons. The zero-order valence-electron chi connectivity index (χ0n) is 11.0. The minimum atomic E-state index is -0.228. The van der Waals surface area contributed by atoms with Gasteiger partial charge in [-0.05, 0) is 54.0 Å². The Hall–Kier alpha value is -0.970. The Balaban J connectivity index is 2.31. The number of halogens is 3. The van der Waals surface area contributed by atoms with Gasteiger partial charge in [0.25, 0.3) is 5.91 Å². The zero-order chi connectivity index (χ0) is 14.9. The summed E-state index contributed by atoms with van der Waals surface area (Å²) < 4.78 is 2.74. The van der Waals surface area contributed by atoms with Gasteiger partial charge < -0.3 is 9.88 Å². The number of nitrogens with zero attached hydrogens (tertiary/aromatic N) is 1. The highest BCUT2D eigenvalue weighted by molar-refractivity contribution is 9.10. The molecule has 0 atom stereocenters. The van der Waals surface area contributed by atoms with Crippen LogP contribution in [0.4, 0.5) is 5.69 Å². The Kier molecular flexibility index (Phi) is 4.78. The first-order valence-electron chi connectivity index (χ1n) is 6.02. The van der Waals surface area contributed by atoms with Gasteiger partial charge in [0, 0.05) is 21.7 Å². The summed E-state index contributed by atoms with van der Waals surface area (Å²) in [5, 5.41) is 3.75. The van der Waals surface area contributed by atoms with Crippen LogP contribution in [0.3, 0.4) is 0 Å². The van der Waals surface area contributed by atoms with E-state index in [0.717, 1.165) is 4.47 Å². The van der Waals surface area contributed by atoms with Crippen LogP contribution < -0.4 is 5.32 Å². The fraction of sp³-hybridized carbons (Fsp3) is 0.214. The van der Waals surface area contributed by atoms with Gasteiger partial charge in [-0.2, -0.15) is 0 Å². The van der Waals surface area contributed by atoms with Gasteiger partial charge in [0.15, 0.2) is 0 Å². The van der Waals surface area contributed by atoms with Gasteiger partial charge in [-0.15, -0.1) is 0 Å². The molecule has 3 nitrogen and oxygen atoms in total. The fourth-order valence-corrected chi connectivity index (χ4v) is 2.61. The summed E-state index contributed by atoms with van der Waals surface area (Å²) in [5.74, 6) is -0.228. The van der Waals surface area contributed by atoms with Crippen LogP contribution >= 0.6 is 39.1 Å². The Morgan fingerprint density at radius 2 is 2.00 bits per heavy atom. The number of benzene rings is 1. The van der Waals surface area contributed by atoms with Crippen molar-refractivity contribution in [1.82, 2.24) is 4.57 Å². The lowest BCUT2D eigenvalue weighted by atomic mass is 10.3. The third kappa shape index (κ3) is 3.37. The molecule has 0 bridgehead atoms. The lowest BCUT2D eigenvalue weighted by Crippen LogP contribution is -2.18. The van der Waals surface area contributed by atoms with Crippen molar-refractivity contribution in [2.24, 2.45) is 0 Å². The van der Waals surface area contributed by atoms with E-state index in [9.17, 15) is 4.79 Å². The summed E-state index contributed by atoms with van der Waals surface area (Å²) in [6, 6.07) is 6.90. The molecule has 0 saturated heterocycles. The highest BCUT2D eigenvalue weighted by Crippen LogP contribution is 2.27. The minimum Gasteiger partial charge on any atom is -0.340 e. The number of anilines is 1. The highest BCUT2D eigenvalue weighted by Gasteiger charge is 2.16. The van der Waals surface area contributed by atoms with Gasteiger partial charge >= 0.3 is 0 Å². The van der Waals surface area contributed by atoms with Crippen LogP contribution in [0.5, 0.6) is 0 Å². The quantitative estimate of drug-likeness (QED) is 0.766. The van der Waals surface area contributed by atoms with Crippen molar-refractivity contribution in [3.8, 4) is 0 Å². The second kappa shape index (κ2) is 6.20. The van der Waals surface area contributed by atoms with Crippen molar-refractivity contribution in [2.75, 3.05) is 5.32 Å². The number of nitrogens with one attached hydrogen (secondary N) is 1. The Labute approximate surface area is 136 Å². The average Bonchev–Trinajstić information content (AvgIpc) is 2.76. The lowest BCUT2D eigenvalue weighted by Gasteiger charge is -2.13. The zero-order valence-corrected chi connectivity index (χ0v) is 14.1. The first-order valence-corrected chi connectivity index (χ1v) is 7.57. The Bertz CT molecular complexity index is 653. The number of hydrogen-bond acceptors (Lipinski definition) is 1. The molecule has 1 heterocycles. The van der Waals surface area contributed by atoms with Gasteiger partial charge in [-0.25, -0.2) is 0 Å². The molecule has 2 rings (SSSR count). The van der Waals surface area contributed by atoms with E-state index in [4.69, 9.17) is 23.2 Å². The second-order valence-electron chi connectivity index (χ2n) is 4.62. The molecule has 1 N–H and O–H groups in total. The molecule has 0 radical (unpaired) electrons. The SMILES string of the molecule is CC(C)n1cc(Br)cc1C(=O)Nc1cc(Cl)ccc1Cl. The number of carbonyl (C=O) groups is 1. The van der Waals surface area contributed by atoms with Crippen LogP contribution in [-0.2, 0) is 0 Å². The van der Waals surface area contributed by atoms with Crippen LogP contribution in [-0.4, -0.2) is 10.5 Å². The molecule has 1 amide bonds. The molecule has 0 aliphatic carbocycles. The molecule has 1 aromatic carbocycles. The van der Waals surface area contributed by atoms with E-state index in [2.05, 4.69) is 21.2 Å². The van der Waals surface area contributed by atoms with Crippen molar-refractivity contribution in [3.63, 3.8) is 0 Å². The van der Waals surface area contributed by atoms with Crippen molar-refractivity contribution in [2.45, 2.75) is 19.9 Å². The number of hydrogen-bond donors (Lipinski definition) is 1. The van der Waals surface area contributed by atoms with Crippen LogP contribution in [0.2, 0.25) is 10.0 Å².